The lowest BCUT2D eigenvalue weighted by molar-refractivity contribution is -0.117. The standard InChI is InChI=1S/C22H22FN5O4S/c1-14-5-3-4-6-18(14)27(2)20-8-7-16(12-25-20)24-11-15-9-17(23)22(19(29)10-15)28-13-21(30)26-33(28,31)32/h3-10,12,24,29H,11,13H2,1-2H3,(H,26,30). The minimum atomic E-state index is -4.23. The largest absolute Gasteiger partial charge is 0.506 e. The van der Waals surface area contributed by atoms with Crippen LogP contribution in [0.4, 0.5) is 27.3 Å². The molecule has 2 aromatic carbocycles. The highest BCUT2D eigenvalue weighted by Gasteiger charge is 2.37. The maximum Gasteiger partial charge on any atom is 0.326 e. The van der Waals surface area contributed by atoms with Gasteiger partial charge in [-0.15, -0.1) is 0 Å². The highest BCUT2D eigenvalue weighted by molar-refractivity contribution is 7.92. The van der Waals surface area contributed by atoms with Crippen LogP contribution in [0.5, 0.6) is 5.75 Å². The lowest BCUT2D eigenvalue weighted by Crippen LogP contribution is -2.30. The number of carbonyl (C=O) groups excluding carboxylic acids is 1. The number of carbonyl (C=O) groups is 1. The molecule has 0 atom stereocenters. The maximum atomic E-state index is 14.6. The van der Waals surface area contributed by atoms with E-state index < -0.39 is 39.9 Å². The van der Waals surface area contributed by atoms with Crippen LogP contribution >= 0.6 is 0 Å². The molecule has 172 valence electrons. The molecule has 33 heavy (non-hydrogen) atoms. The zero-order valence-electron chi connectivity index (χ0n) is 17.9. The molecule has 1 fully saturated rings. The summed E-state index contributed by atoms with van der Waals surface area (Å²) >= 11 is 0. The van der Waals surface area contributed by atoms with Crippen LogP contribution in [0.2, 0.25) is 0 Å². The molecule has 0 aliphatic carbocycles. The number of hydrogen-bond donors (Lipinski definition) is 3. The number of amides is 1. The van der Waals surface area contributed by atoms with E-state index in [1.54, 1.807) is 10.9 Å². The van der Waals surface area contributed by atoms with Crippen molar-refractivity contribution in [3.8, 4) is 5.75 Å². The van der Waals surface area contributed by atoms with Crippen LogP contribution < -0.4 is 19.2 Å². The Bertz CT molecular complexity index is 1290. The molecule has 1 aliphatic heterocycles. The summed E-state index contributed by atoms with van der Waals surface area (Å²) in [5.41, 5.74) is 2.65. The van der Waals surface area contributed by atoms with Crippen molar-refractivity contribution in [2.24, 2.45) is 0 Å². The van der Waals surface area contributed by atoms with Crippen molar-refractivity contribution in [2.75, 3.05) is 28.1 Å². The van der Waals surface area contributed by atoms with Crippen molar-refractivity contribution in [1.29, 1.82) is 0 Å². The van der Waals surface area contributed by atoms with Gasteiger partial charge in [0.15, 0.2) is 5.82 Å². The number of anilines is 4. The number of nitrogens with zero attached hydrogens (tertiary/aromatic N) is 3. The molecule has 4 rings (SSSR count). The maximum absolute atomic E-state index is 14.6. The first-order valence-corrected chi connectivity index (χ1v) is 11.4. The molecule has 0 radical (unpaired) electrons. The molecule has 2 heterocycles. The molecule has 0 bridgehead atoms. The number of aryl methyl sites for hydroxylation is 1. The van der Waals surface area contributed by atoms with Gasteiger partial charge in [-0.05, 0) is 48.4 Å². The molecular formula is C22H22FN5O4S. The van der Waals surface area contributed by atoms with Gasteiger partial charge in [0.1, 0.15) is 23.8 Å². The van der Waals surface area contributed by atoms with E-state index in [1.165, 1.54) is 6.07 Å². The normalized spacial score (nSPS) is 14.8. The number of phenolic OH excluding ortho intramolecular Hbond substituents is 1. The summed E-state index contributed by atoms with van der Waals surface area (Å²) < 4.78 is 40.8. The number of hydrogen-bond acceptors (Lipinski definition) is 7. The fraction of sp³-hybridized carbons (Fsp3) is 0.182. The predicted octanol–water partition coefficient (Wildman–Crippen LogP) is 2.80. The number of halogens is 1. The first-order chi connectivity index (χ1) is 15.7. The average Bonchev–Trinajstić information content (AvgIpc) is 3.03. The van der Waals surface area contributed by atoms with Crippen LogP contribution in [-0.4, -0.2) is 38.0 Å². The topological polar surface area (TPSA) is 115 Å². The van der Waals surface area contributed by atoms with Crippen LogP contribution in [0, 0.1) is 12.7 Å². The lowest BCUT2D eigenvalue weighted by atomic mass is 10.1. The average molecular weight is 472 g/mol. The van der Waals surface area contributed by atoms with Gasteiger partial charge in [0.25, 0.3) is 5.91 Å². The van der Waals surface area contributed by atoms with E-state index in [0.717, 1.165) is 23.1 Å². The summed E-state index contributed by atoms with van der Waals surface area (Å²) in [6.45, 7) is 1.58. The molecule has 3 N–H and O–H groups in total. The first-order valence-electron chi connectivity index (χ1n) is 9.99. The van der Waals surface area contributed by atoms with E-state index in [1.807, 2.05) is 55.3 Å². The van der Waals surface area contributed by atoms with Gasteiger partial charge in [-0.2, -0.15) is 8.42 Å². The van der Waals surface area contributed by atoms with Crippen LogP contribution in [0.15, 0.2) is 54.7 Å². The number of nitrogens with one attached hydrogen (secondary N) is 2. The van der Waals surface area contributed by atoms with Gasteiger partial charge in [-0.1, -0.05) is 18.2 Å². The summed E-state index contributed by atoms with van der Waals surface area (Å²) in [6, 6.07) is 14.0. The Balaban J connectivity index is 1.46. The van der Waals surface area contributed by atoms with Gasteiger partial charge in [0.05, 0.1) is 11.9 Å². The number of aromatic nitrogens is 1. The Morgan fingerprint density at radius 2 is 2.00 bits per heavy atom. The SMILES string of the molecule is Cc1ccccc1N(C)c1ccc(NCc2cc(O)c(N3CC(=O)NS3(=O)=O)c(F)c2)cn1. The van der Waals surface area contributed by atoms with Gasteiger partial charge in [0, 0.05) is 19.3 Å². The predicted molar refractivity (Wildman–Crippen MR) is 123 cm³/mol. The van der Waals surface area contributed by atoms with E-state index in [2.05, 4.69) is 10.3 Å². The fourth-order valence-electron chi connectivity index (χ4n) is 3.59. The molecule has 1 amide bonds. The Kier molecular flexibility index (Phi) is 5.81. The Labute approximate surface area is 190 Å². The van der Waals surface area contributed by atoms with Crippen molar-refractivity contribution in [3.05, 3.63) is 71.7 Å². The molecule has 0 spiro atoms. The van der Waals surface area contributed by atoms with Crippen LogP contribution in [0.3, 0.4) is 0 Å². The number of phenols is 1. The smallest absolute Gasteiger partial charge is 0.326 e. The Morgan fingerprint density at radius 1 is 1.24 bits per heavy atom. The monoisotopic (exact) mass is 471 g/mol. The van der Waals surface area contributed by atoms with Crippen LogP contribution in [0.25, 0.3) is 0 Å². The molecule has 11 heteroatoms. The van der Waals surface area contributed by atoms with Crippen molar-refractivity contribution in [3.63, 3.8) is 0 Å². The lowest BCUT2D eigenvalue weighted by Gasteiger charge is -2.20. The van der Waals surface area contributed by atoms with Crippen molar-refractivity contribution in [1.82, 2.24) is 9.71 Å². The molecule has 1 aliphatic rings. The second-order valence-electron chi connectivity index (χ2n) is 7.59. The van der Waals surface area contributed by atoms with E-state index in [0.29, 0.717) is 15.6 Å². The third-order valence-corrected chi connectivity index (χ3v) is 6.62. The molecule has 3 aromatic rings. The number of aromatic hydroxyl groups is 1. The van der Waals surface area contributed by atoms with Crippen molar-refractivity contribution >= 4 is 39.0 Å². The second-order valence-corrected chi connectivity index (χ2v) is 9.18. The third kappa shape index (κ3) is 4.53. The highest BCUT2D eigenvalue weighted by atomic mass is 32.2. The third-order valence-electron chi connectivity index (χ3n) is 5.24. The molecule has 0 unspecified atom stereocenters. The first kappa shape index (κ1) is 22.3. The minimum Gasteiger partial charge on any atom is -0.506 e. The quantitative estimate of drug-likeness (QED) is 0.506. The van der Waals surface area contributed by atoms with E-state index >= 15 is 0 Å². The van der Waals surface area contributed by atoms with E-state index in [9.17, 15) is 22.7 Å². The Morgan fingerprint density at radius 3 is 2.61 bits per heavy atom. The summed E-state index contributed by atoms with van der Waals surface area (Å²) in [5, 5.41) is 13.3. The second kappa shape index (κ2) is 8.58. The molecule has 1 saturated heterocycles. The fourth-order valence-corrected chi connectivity index (χ4v) is 4.76. The van der Waals surface area contributed by atoms with Gasteiger partial charge < -0.3 is 15.3 Å². The highest BCUT2D eigenvalue weighted by Crippen LogP contribution is 2.34. The van der Waals surface area contributed by atoms with Crippen LogP contribution in [0.1, 0.15) is 11.1 Å². The Hall–Kier alpha value is -3.86. The summed E-state index contributed by atoms with van der Waals surface area (Å²) in [6.07, 6.45) is 1.64. The van der Waals surface area contributed by atoms with E-state index in [4.69, 9.17) is 0 Å². The van der Waals surface area contributed by atoms with Gasteiger partial charge in [-0.3, -0.25) is 4.79 Å². The zero-order chi connectivity index (χ0) is 23.8. The number of benzene rings is 2. The summed E-state index contributed by atoms with van der Waals surface area (Å²) in [5.74, 6) is -1.60. The molecule has 1 aromatic heterocycles. The summed E-state index contributed by atoms with van der Waals surface area (Å²) in [7, 11) is -2.31. The number of rotatable bonds is 6. The number of pyridine rings is 1. The minimum absolute atomic E-state index is 0.156. The molecular weight excluding hydrogens is 449 g/mol. The molecule has 9 nitrogen and oxygen atoms in total. The van der Waals surface area contributed by atoms with Crippen LogP contribution in [-0.2, 0) is 21.5 Å². The van der Waals surface area contributed by atoms with Crippen molar-refractivity contribution < 1.29 is 22.7 Å². The van der Waals surface area contributed by atoms with Gasteiger partial charge >= 0.3 is 10.2 Å². The molecule has 0 saturated carbocycles. The van der Waals surface area contributed by atoms with Gasteiger partial charge in [0.2, 0.25) is 0 Å². The van der Waals surface area contributed by atoms with Crippen molar-refractivity contribution in [2.45, 2.75) is 13.5 Å². The number of para-hydroxylation sites is 1. The van der Waals surface area contributed by atoms with Gasteiger partial charge in [-0.25, -0.2) is 18.4 Å². The van der Waals surface area contributed by atoms with E-state index in [-0.39, 0.29) is 6.54 Å². The summed E-state index contributed by atoms with van der Waals surface area (Å²) in [4.78, 5) is 17.8. The zero-order valence-corrected chi connectivity index (χ0v) is 18.7.